The van der Waals surface area contributed by atoms with Gasteiger partial charge in [-0.1, -0.05) is 25.8 Å². The number of benzene rings is 1. The second-order valence-corrected chi connectivity index (χ2v) is 5.74. The minimum absolute atomic E-state index is 0.0135. The molecule has 0 atom stereocenters. The van der Waals surface area contributed by atoms with Crippen LogP contribution >= 0.6 is 0 Å². The van der Waals surface area contributed by atoms with Crippen LogP contribution in [0, 0.1) is 0 Å². The number of hydrogen-bond donors (Lipinski definition) is 0. The van der Waals surface area contributed by atoms with Gasteiger partial charge in [-0.25, -0.2) is 0 Å². The van der Waals surface area contributed by atoms with Crippen LogP contribution in [0.15, 0.2) is 24.3 Å². The lowest BCUT2D eigenvalue weighted by Crippen LogP contribution is -2.39. The molecule has 1 amide bonds. The largest absolute Gasteiger partial charge is 0.493 e. The number of carbonyl (C=O) groups excluding carboxylic acids is 1. The number of ether oxygens (including phenoxy) is 3. The molecule has 0 spiro atoms. The molecule has 1 saturated heterocycles. The Hall–Kier alpha value is -2.01. The summed E-state index contributed by atoms with van der Waals surface area (Å²) >= 11 is 0. The van der Waals surface area contributed by atoms with Crippen molar-refractivity contribution in [3.8, 4) is 11.5 Å². The molecule has 1 heterocycles. The molecule has 0 saturated carbocycles. The van der Waals surface area contributed by atoms with Gasteiger partial charge in [-0.2, -0.15) is 0 Å². The van der Waals surface area contributed by atoms with Crippen molar-refractivity contribution in [1.29, 1.82) is 0 Å². The summed E-state index contributed by atoms with van der Waals surface area (Å²) < 4.78 is 16.4. The summed E-state index contributed by atoms with van der Waals surface area (Å²) in [6.07, 6.45) is 6.75. The Balaban J connectivity index is 1.98. The summed E-state index contributed by atoms with van der Waals surface area (Å²) in [5.41, 5.74) is 0.919. The van der Waals surface area contributed by atoms with Crippen molar-refractivity contribution in [3.63, 3.8) is 0 Å². The van der Waals surface area contributed by atoms with Crippen LogP contribution < -0.4 is 9.47 Å². The fraction of sp³-hybridized carbons (Fsp3) is 0.526. The lowest BCUT2D eigenvalue weighted by molar-refractivity contribution is -0.129. The average Bonchev–Trinajstić information content (AvgIpc) is 2.64. The Bertz CT molecular complexity index is 550. The van der Waals surface area contributed by atoms with Crippen LogP contribution in [0.2, 0.25) is 0 Å². The van der Waals surface area contributed by atoms with E-state index in [9.17, 15) is 4.79 Å². The zero-order valence-electron chi connectivity index (χ0n) is 14.6. The van der Waals surface area contributed by atoms with Crippen molar-refractivity contribution in [1.82, 2.24) is 4.90 Å². The van der Waals surface area contributed by atoms with Gasteiger partial charge in [0.2, 0.25) is 5.91 Å². The Kier molecular flexibility index (Phi) is 7.62. The second kappa shape index (κ2) is 9.98. The molecule has 0 aliphatic carbocycles. The zero-order valence-corrected chi connectivity index (χ0v) is 14.6. The van der Waals surface area contributed by atoms with Crippen molar-refractivity contribution >= 4 is 12.0 Å². The quantitative estimate of drug-likeness (QED) is 0.542. The van der Waals surface area contributed by atoms with Crippen LogP contribution in [0.5, 0.6) is 11.5 Å². The Morgan fingerprint density at radius 3 is 2.75 bits per heavy atom. The smallest absolute Gasteiger partial charge is 0.246 e. The molecule has 5 nitrogen and oxygen atoms in total. The van der Waals surface area contributed by atoms with Gasteiger partial charge >= 0.3 is 0 Å². The molecule has 1 fully saturated rings. The highest BCUT2D eigenvalue weighted by molar-refractivity contribution is 5.91. The molecular formula is C19H27NO4. The van der Waals surface area contributed by atoms with E-state index in [1.54, 1.807) is 18.1 Å². The minimum Gasteiger partial charge on any atom is -0.493 e. The van der Waals surface area contributed by atoms with Crippen LogP contribution in [0.3, 0.4) is 0 Å². The average molecular weight is 333 g/mol. The van der Waals surface area contributed by atoms with Crippen molar-refractivity contribution in [2.75, 3.05) is 40.0 Å². The molecule has 5 heteroatoms. The molecule has 1 aliphatic heterocycles. The van der Waals surface area contributed by atoms with Crippen molar-refractivity contribution in [2.45, 2.75) is 26.2 Å². The maximum Gasteiger partial charge on any atom is 0.246 e. The first-order chi connectivity index (χ1) is 11.7. The Morgan fingerprint density at radius 2 is 2.04 bits per heavy atom. The second-order valence-electron chi connectivity index (χ2n) is 5.74. The molecule has 1 aliphatic rings. The number of methoxy groups -OCH3 is 1. The van der Waals surface area contributed by atoms with Crippen LogP contribution in [-0.4, -0.2) is 50.8 Å². The molecule has 132 valence electrons. The van der Waals surface area contributed by atoms with Crippen LogP contribution in [-0.2, 0) is 9.53 Å². The summed E-state index contributed by atoms with van der Waals surface area (Å²) in [4.78, 5) is 13.9. The minimum atomic E-state index is 0.0135. The van der Waals surface area contributed by atoms with E-state index in [0.717, 1.165) is 30.6 Å². The van der Waals surface area contributed by atoms with E-state index in [4.69, 9.17) is 14.2 Å². The SMILES string of the molecule is CCCCCOc1cc(C=CC(=O)N2CCOCC2)ccc1OC. The fourth-order valence-corrected chi connectivity index (χ4v) is 2.50. The fourth-order valence-electron chi connectivity index (χ4n) is 2.50. The summed E-state index contributed by atoms with van der Waals surface area (Å²) in [5.74, 6) is 1.44. The predicted molar refractivity (Wildman–Crippen MR) is 94.4 cm³/mol. The van der Waals surface area contributed by atoms with Crippen LogP contribution in [0.25, 0.3) is 6.08 Å². The van der Waals surface area contributed by atoms with Gasteiger partial charge in [0, 0.05) is 19.2 Å². The molecule has 0 aromatic heterocycles. The van der Waals surface area contributed by atoms with Crippen LogP contribution in [0.4, 0.5) is 0 Å². The first-order valence-corrected chi connectivity index (χ1v) is 8.60. The Morgan fingerprint density at radius 1 is 1.25 bits per heavy atom. The van der Waals surface area contributed by atoms with Gasteiger partial charge in [0.05, 0.1) is 26.9 Å². The maximum absolute atomic E-state index is 12.2. The van der Waals surface area contributed by atoms with Crippen molar-refractivity contribution in [2.24, 2.45) is 0 Å². The number of morpholine rings is 1. The Labute approximate surface area is 144 Å². The van der Waals surface area contributed by atoms with E-state index in [0.29, 0.717) is 38.7 Å². The summed E-state index contributed by atoms with van der Waals surface area (Å²) in [6, 6.07) is 5.70. The number of amides is 1. The van der Waals surface area contributed by atoms with Crippen molar-refractivity contribution in [3.05, 3.63) is 29.8 Å². The van der Waals surface area contributed by atoms with E-state index < -0.39 is 0 Å². The number of nitrogens with zero attached hydrogens (tertiary/aromatic N) is 1. The molecule has 0 N–H and O–H groups in total. The highest BCUT2D eigenvalue weighted by Gasteiger charge is 2.14. The highest BCUT2D eigenvalue weighted by Crippen LogP contribution is 2.28. The predicted octanol–water partition coefficient (Wildman–Crippen LogP) is 3.14. The van der Waals surface area contributed by atoms with Crippen LogP contribution in [0.1, 0.15) is 31.7 Å². The van der Waals surface area contributed by atoms with E-state index in [2.05, 4.69) is 6.92 Å². The van der Waals surface area contributed by atoms with Gasteiger partial charge in [-0.15, -0.1) is 0 Å². The van der Waals surface area contributed by atoms with E-state index in [1.165, 1.54) is 0 Å². The topological polar surface area (TPSA) is 48.0 Å². The first kappa shape index (κ1) is 18.3. The third kappa shape index (κ3) is 5.57. The van der Waals surface area contributed by atoms with E-state index >= 15 is 0 Å². The molecule has 0 unspecified atom stereocenters. The number of carbonyl (C=O) groups is 1. The number of unbranched alkanes of at least 4 members (excludes halogenated alkanes) is 2. The molecule has 0 bridgehead atoms. The van der Waals surface area contributed by atoms with E-state index in [1.807, 2.05) is 24.3 Å². The standard InChI is InChI=1S/C19H27NO4/c1-3-4-5-12-24-18-15-16(6-8-17(18)22-2)7-9-19(21)20-10-13-23-14-11-20/h6-9,15H,3-5,10-14H2,1-2H3. The van der Waals surface area contributed by atoms with Crippen molar-refractivity contribution < 1.29 is 19.0 Å². The molecule has 2 rings (SSSR count). The first-order valence-electron chi connectivity index (χ1n) is 8.60. The van der Waals surface area contributed by atoms with Gasteiger partial charge in [-0.3, -0.25) is 4.79 Å². The lowest BCUT2D eigenvalue weighted by atomic mass is 10.2. The monoisotopic (exact) mass is 333 g/mol. The third-order valence-electron chi connectivity index (χ3n) is 3.93. The third-order valence-corrected chi connectivity index (χ3v) is 3.93. The highest BCUT2D eigenvalue weighted by atomic mass is 16.5. The van der Waals surface area contributed by atoms with Gasteiger partial charge in [-0.05, 0) is 30.2 Å². The lowest BCUT2D eigenvalue weighted by Gasteiger charge is -2.25. The van der Waals surface area contributed by atoms with Gasteiger partial charge < -0.3 is 19.1 Å². The van der Waals surface area contributed by atoms with E-state index in [-0.39, 0.29) is 5.91 Å². The summed E-state index contributed by atoms with van der Waals surface area (Å²) in [7, 11) is 1.63. The van der Waals surface area contributed by atoms with Gasteiger partial charge in [0.1, 0.15) is 0 Å². The normalized spacial score (nSPS) is 14.8. The molecule has 1 aromatic carbocycles. The van der Waals surface area contributed by atoms with Gasteiger partial charge in [0.25, 0.3) is 0 Å². The summed E-state index contributed by atoms with van der Waals surface area (Å²) in [5, 5.41) is 0. The van der Waals surface area contributed by atoms with Gasteiger partial charge in [0.15, 0.2) is 11.5 Å². The molecule has 0 radical (unpaired) electrons. The molecule has 24 heavy (non-hydrogen) atoms. The number of rotatable bonds is 8. The molecular weight excluding hydrogens is 306 g/mol. The summed E-state index contributed by atoms with van der Waals surface area (Å²) in [6.45, 7) is 5.35. The molecule has 1 aromatic rings. The zero-order chi connectivity index (χ0) is 17.2. The maximum atomic E-state index is 12.2. The number of hydrogen-bond acceptors (Lipinski definition) is 4.